The highest BCUT2D eigenvalue weighted by molar-refractivity contribution is 5.81. The number of nitrogens with one attached hydrogen (secondary N) is 1. The third kappa shape index (κ3) is 5.36. The molecule has 0 amide bonds. The number of benzene rings is 2. The van der Waals surface area contributed by atoms with Gasteiger partial charge in [-0.2, -0.15) is 9.49 Å². The summed E-state index contributed by atoms with van der Waals surface area (Å²) >= 11 is 0. The quantitative estimate of drug-likeness (QED) is 0.423. The van der Waals surface area contributed by atoms with Crippen molar-refractivity contribution in [3.63, 3.8) is 0 Å². The Kier molecular flexibility index (Phi) is 6.54. The van der Waals surface area contributed by atoms with Gasteiger partial charge in [0.2, 0.25) is 5.82 Å². The molecule has 0 saturated heterocycles. The molecule has 0 saturated carbocycles. The number of ether oxygens (including phenoxy) is 1. The van der Waals surface area contributed by atoms with Gasteiger partial charge in [0.25, 0.3) is 0 Å². The molecule has 0 aromatic heterocycles. The first-order valence-corrected chi connectivity index (χ1v) is 7.66. The van der Waals surface area contributed by atoms with E-state index >= 15 is 0 Å². The molecule has 0 aliphatic carbocycles. The van der Waals surface area contributed by atoms with Crippen molar-refractivity contribution in [2.75, 3.05) is 12.0 Å². The minimum absolute atomic E-state index is 0.0812. The van der Waals surface area contributed by atoms with E-state index in [0.29, 0.717) is 12.2 Å². The van der Waals surface area contributed by atoms with Crippen molar-refractivity contribution in [3.05, 3.63) is 59.7 Å². The van der Waals surface area contributed by atoms with Crippen LogP contribution in [0.4, 0.5) is 14.5 Å². The molecule has 0 fully saturated rings. The molecular weight excluding hydrogens is 298 g/mol. The van der Waals surface area contributed by atoms with E-state index in [-0.39, 0.29) is 5.75 Å². The van der Waals surface area contributed by atoms with Gasteiger partial charge in [0, 0.05) is 5.56 Å². The van der Waals surface area contributed by atoms with E-state index in [2.05, 4.69) is 17.5 Å². The van der Waals surface area contributed by atoms with Crippen LogP contribution in [-0.4, -0.2) is 12.8 Å². The zero-order chi connectivity index (χ0) is 16.5. The molecule has 0 heterocycles. The largest absolute Gasteiger partial charge is 0.490 e. The second kappa shape index (κ2) is 8.88. The van der Waals surface area contributed by atoms with Gasteiger partial charge in [0.1, 0.15) is 0 Å². The third-order valence-corrected chi connectivity index (χ3v) is 3.20. The molecule has 0 unspecified atom stereocenters. The van der Waals surface area contributed by atoms with E-state index < -0.39 is 11.6 Å². The standard InChI is InChI=1S/C18H20F2N2O/c1-2-3-7-10-23-17-12-14(11-16(19)18(17)20)13-21-22-15-8-5-4-6-9-15/h4-6,8-9,11-13,22H,2-3,7,10H2,1H3. The number of hydrazone groups is 1. The van der Waals surface area contributed by atoms with Crippen LogP contribution in [0.3, 0.4) is 0 Å². The molecule has 2 aromatic rings. The Morgan fingerprint density at radius 2 is 1.91 bits per heavy atom. The fourth-order valence-electron chi connectivity index (χ4n) is 1.99. The number of anilines is 1. The maximum absolute atomic E-state index is 13.7. The average molecular weight is 318 g/mol. The number of nitrogens with zero attached hydrogens (tertiary/aromatic N) is 1. The Morgan fingerprint density at radius 1 is 1.13 bits per heavy atom. The molecule has 5 heteroatoms. The van der Waals surface area contributed by atoms with Crippen molar-refractivity contribution in [1.82, 2.24) is 0 Å². The normalized spacial score (nSPS) is 10.9. The molecule has 2 aromatic carbocycles. The molecule has 0 aliphatic heterocycles. The average Bonchev–Trinajstić information content (AvgIpc) is 2.56. The lowest BCUT2D eigenvalue weighted by molar-refractivity contribution is 0.286. The van der Waals surface area contributed by atoms with Gasteiger partial charge in [0.15, 0.2) is 11.6 Å². The van der Waals surface area contributed by atoms with Crippen molar-refractivity contribution < 1.29 is 13.5 Å². The zero-order valence-corrected chi connectivity index (χ0v) is 13.1. The van der Waals surface area contributed by atoms with Crippen molar-refractivity contribution >= 4 is 11.9 Å². The van der Waals surface area contributed by atoms with E-state index in [9.17, 15) is 8.78 Å². The van der Waals surface area contributed by atoms with E-state index in [1.807, 2.05) is 30.3 Å². The molecule has 122 valence electrons. The van der Waals surface area contributed by atoms with Crippen molar-refractivity contribution in [1.29, 1.82) is 0 Å². The number of para-hydroxylation sites is 1. The molecule has 3 nitrogen and oxygen atoms in total. The molecule has 0 atom stereocenters. The summed E-state index contributed by atoms with van der Waals surface area (Å²) in [6.07, 6.45) is 4.27. The highest BCUT2D eigenvalue weighted by atomic mass is 19.2. The molecule has 0 bridgehead atoms. The number of halogens is 2. The number of hydrogen-bond acceptors (Lipinski definition) is 3. The second-order valence-corrected chi connectivity index (χ2v) is 5.11. The minimum Gasteiger partial charge on any atom is -0.490 e. The maximum Gasteiger partial charge on any atom is 0.200 e. The monoisotopic (exact) mass is 318 g/mol. The second-order valence-electron chi connectivity index (χ2n) is 5.11. The van der Waals surface area contributed by atoms with Crippen LogP contribution in [0.5, 0.6) is 5.75 Å². The van der Waals surface area contributed by atoms with E-state index in [4.69, 9.17) is 4.74 Å². The highest BCUT2D eigenvalue weighted by Crippen LogP contribution is 2.22. The fraction of sp³-hybridized carbons (Fsp3) is 0.278. The van der Waals surface area contributed by atoms with Crippen LogP contribution in [0.25, 0.3) is 0 Å². The fourth-order valence-corrected chi connectivity index (χ4v) is 1.99. The van der Waals surface area contributed by atoms with Crippen LogP contribution in [0.15, 0.2) is 47.6 Å². The Labute approximate surface area is 135 Å². The first kappa shape index (κ1) is 16.9. The Hall–Kier alpha value is -2.43. The predicted octanol–water partition coefficient (Wildman–Crippen LogP) is 4.98. The summed E-state index contributed by atoms with van der Waals surface area (Å²) in [4.78, 5) is 0. The number of rotatable bonds is 8. The van der Waals surface area contributed by atoms with Crippen molar-refractivity contribution in [2.24, 2.45) is 5.10 Å². The van der Waals surface area contributed by atoms with Gasteiger partial charge < -0.3 is 4.74 Å². The molecule has 0 radical (unpaired) electrons. The minimum atomic E-state index is -0.963. The first-order chi connectivity index (χ1) is 11.2. The highest BCUT2D eigenvalue weighted by Gasteiger charge is 2.11. The van der Waals surface area contributed by atoms with Crippen LogP contribution in [0.1, 0.15) is 31.7 Å². The van der Waals surface area contributed by atoms with Gasteiger partial charge in [-0.3, -0.25) is 5.43 Å². The van der Waals surface area contributed by atoms with Crippen molar-refractivity contribution in [2.45, 2.75) is 26.2 Å². The SMILES string of the molecule is CCCCCOc1cc(C=NNc2ccccc2)cc(F)c1F. The third-order valence-electron chi connectivity index (χ3n) is 3.20. The summed E-state index contributed by atoms with van der Waals surface area (Å²) in [6.45, 7) is 2.43. The van der Waals surface area contributed by atoms with Gasteiger partial charge >= 0.3 is 0 Å². The predicted molar refractivity (Wildman–Crippen MR) is 89.0 cm³/mol. The summed E-state index contributed by atoms with van der Waals surface area (Å²) in [5, 5.41) is 4.01. The van der Waals surface area contributed by atoms with Gasteiger partial charge in [-0.25, -0.2) is 4.39 Å². The van der Waals surface area contributed by atoms with E-state index in [0.717, 1.165) is 31.0 Å². The smallest absolute Gasteiger partial charge is 0.200 e. The van der Waals surface area contributed by atoms with Crippen LogP contribution in [-0.2, 0) is 0 Å². The molecule has 2 rings (SSSR count). The van der Waals surface area contributed by atoms with Gasteiger partial charge in [-0.1, -0.05) is 38.0 Å². The molecule has 23 heavy (non-hydrogen) atoms. The number of hydrogen-bond donors (Lipinski definition) is 1. The summed E-state index contributed by atoms with van der Waals surface area (Å²) in [6, 6.07) is 11.9. The van der Waals surface area contributed by atoms with Crippen LogP contribution >= 0.6 is 0 Å². The lowest BCUT2D eigenvalue weighted by Crippen LogP contribution is -2.02. The molecule has 1 N–H and O–H groups in total. The Balaban J connectivity index is 2.02. The maximum atomic E-state index is 13.7. The summed E-state index contributed by atoms with van der Waals surface area (Å²) in [5.41, 5.74) is 4.06. The Bertz CT molecular complexity index is 645. The lowest BCUT2D eigenvalue weighted by Gasteiger charge is -2.08. The molecule has 0 aliphatic rings. The van der Waals surface area contributed by atoms with E-state index in [1.54, 1.807) is 0 Å². The number of unbranched alkanes of at least 4 members (excludes halogenated alkanes) is 2. The van der Waals surface area contributed by atoms with E-state index in [1.165, 1.54) is 12.3 Å². The van der Waals surface area contributed by atoms with Crippen LogP contribution in [0.2, 0.25) is 0 Å². The topological polar surface area (TPSA) is 33.6 Å². The molecular formula is C18H20F2N2O. The molecule has 0 spiro atoms. The summed E-state index contributed by atoms with van der Waals surface area (Å²) < 4.78 is 32.7. The Morgan fingerprint density at radius 3 is 2.65 bits per heavy atom. The van der Waals surface area contributed by atoms with Crippen LogP contribution < -0.4 is 10.2 Å². The lowest BCUT2D eigenvalue weighted by atomic mass is 10.2. The zero-order valence-electron chi connectivity index (χ0n) is 13.1. The van der Waals surface area contributed by atoms with Gasteiger partial charge in [-0.05, 0) is 30.7 Å². The summed E-state index contributed by atoms with van der Waals surface area (Å²) in [5.74, 6) is -1.99. The van der Waals surface area contributed by atoms with Crippen molar-refractivity contribution in [3.8, 4) is 5.75 Å². The van der Waals surface area contributed by atoms with Crippen LogP contribution in [0, 0.1) is 11.6 Å². The first-order valence-electron chi connectivity index (χ1n) is 7.66. The van der Waals surface area contributed by atoms with Gasteiger partial charge in [0.05, 0.1) is 18.5 Å². The summed E-state index contributed by atoms with van der Waals surface area (Å²) in [7, 11) is 0. The van der Waals surface area contributed by atoms with Gasteiger partial charge in [-0.15, -0.1) is 0 Å².